The Hall–Kier alpha value is -4.14. The van der Waals surface area contributed by atoms with Gasteiger partial charge < -0.3 is 25.4 Å². The van der Waals surface area contributed by atoms with Gasteiger partial charge in [0.25, 0.3) is 5.91 Å². The minimum atomic E-state index is -0.540. The van der Waals surface area contributed by atoms with Crippen LogP contribution in [0.3, 0.4) is 0 Å². The maximum Gasteiger partial charge on any atom is 0.251 e. The van der Waals surface area contributed by atoms with Gasteiger partial charge in [0.15, 0.2) is 17.5 Å². The van der Waals surface area contributed by atoms with E-state index in [-0.39, 0.29) is 5.91 Å². The van der Waals surface area contributed by atoms with Crippen LogP contribution in [0.15, 0.2) is 53.5 Å². The average Bonchev–Trinajstić information content (AvgIpc) is 3.39. The highest BCUT2D eigenvalue weighted by Gasteiger charge is 2.14. The van der Waals surface area contributed by atoms with E-state index in [1.807, 2.05) is 24.3 Å². The highest BCUT2D eigenvalue weighted by atomic mass is 19.1. The number of aliphatic imine (C=N–C) groups is 1. The van der Waals surface area contributed by atoms with Gasteiger partial charge >= 0.3 is 0 Å². The molecule has 3 aromatic rings. The minimum Gasteiger partial charge on any atom is -0.493 e. The summed E-state index contributed by atoms with van der Waals surface area (Å²) in [6.45, 7) is 4.06. The van der Waals surface area contributed by atoms with Gasteiger partial charge in [0.2, 0.25) is 5.95 Å². The summed E-state index contributed by atoms with van der Waals surface area (Å²) >= 11 is 0. The Morgan fingerprint density at radius 1 is 1.03 bits per heavy atom. The molecule has 1 aromatic heterocycles. The predicted octanol–water partition coefficient (Wildman–Crippen LogP) is 3.19. The molecule has 0 spiro atoms. The number of nitrogens with one attached hydrogen (secondary N) is 3. The monoisotopic (exact) mass is 477 g/mol. The summed E-state index contributed by atoms with van der Waals surface area (Å²) in [4.78, 5) is 21.4. The van der Waals surface area contributed by atoms with Gasteiger partial charge in [-0.1, -0.05) is 6.07 Å². The summed E-state index contributed by atoms with van der Waals surface area (Å²) in [6, 6.07) is 14.1. The normalized spacial score (nSPS) is 12.5. The SMILES string of the molecule is COc1ccc(CNC(=O)c2cc(CNC3=NCCN3)cc(-c3ccc(F)nc3C)c2)cc1OC. The molecule has 2 heterocycles. The number of aryl methyl sites for hydroxylation is 1. The Morgan fingerprint density at radius 2 is 1.86 bits per heavy atom. The molecule has 0 unspecified atom stereocenters. The first-order chi connectivity index (χ1) is 17.0. The van der Waals surface area contributed by atoms with Gasteiger partial charge in [0.1, 0.15) is 0 Å². The van der Waals surface area contributed by atoms with Crippen LogP contribution in [0.5, 0.6) is 11.5 Å². The summed E-state index contributed by atoms with van der Waals surface area (Å²) in [7, 11) is 3.15. The van der Waals surface area contributed by atoms with Gasteiger partial charge in [-0.3, -0.25) is 9.79 Å². The Balaban J connectivity index is 1.58. The van der Waals surface area contributed by atoms with Crippen LogP contribution in [0, 0.1) is 12.9 Å². The molecule has 35 heavy (non-hydrogen) atoms. The number of nitrogens with zero attached hydrogens (tertiary/aromatic N) is 2. The lowest BCUT2D eigenvalue weighted by Gasteiger charge is -2.14. The standard InChI is InChI=1S/C26H28FN5O3/c1-16-21(5-7-24(27)32-16)19-10-18(15-31-26-28-8-9-29-26)11-20(13-19)25(33)30-14-17-4-6-22(34-2)23(12-17)35-3/h4-7,10-13H,8-9,14-15H2,1-3H3,(H,30,33)(H2,28,29,31). The molecule has 0 fully saturated rings. The highest BCUT2D eigenvalue weighted by molar-refractivity contribution is 5.96. The third kappa shape index (κ3) is 5.87. The lowest BCUT2D eigenvalue weighted by molar-refractivity contribution is 0.0950. The first kappa shape index (κ1) is 24.0. The van der Waals surface area contributed by atoms with E-state index < -0.39 is 5.95 Å². The van der Waals surface area contributed by atoms with Crippen LogP contribution >= 0.6 is 0 Å². The fourth-order valence-electron chi connectivity index (χ4n) is 3.89. The van der Waals surface area contributed by atoms with Gasteiger partial charge in [0.05, 0.1) is 20.8 Å². The zero-order chi connectivity index (χ0) is 24.8. The first-order valence-corrected chi connectivity index (χ1v) is 11.3. The molecule has 0 radical (unpaired) electrons. The largest absolute Gasteiger partial charge is 0.493 e. The summed E-state index contributed by atoms with van der Waals surface area (Å²) in [5, 5.41) is 9.39. The van der Waals surface area contributed by atoms with Crippen LogP contribution in [0.2, 0.25) is 0 Å². The first-order valence-electron chi connectivity index (χ1n) is 11.3. The highest BCUT2D eigenvalue weighted by Crippen LogP contribution is 2.28. The lowest BCUT2D eigenvalue weighted by Crippen LogP contribution is -2.33. The molecule has 0 bridgehead atoms. The van der Waals surface area contributed by atoms with Crippen LogP contribution in [0.25, 0.3) is 11.1 Å². The number of hydrogen-bond donors (Lipinski definition) is 3. The number of pyridine rings is 1. The third-order valence-corrected chi connectivity index (χ3v) is 5.65. The molecular weight excluding hydrogens is 449 g/mol. The Labute approximate surface area is 203 Å². The number of aromatic nitrogens is 1. The molecular formula is C26H28FN5O3. The predicted molar refractivity (Wildman–Crippen MR) is 132 cm³/mol. The van der Waals surface area contributed by atoms with Gasteiger partial charge in [-0.15, -0.1) is 0 Å². The lowest BCUT2D eigenvalue weighted by atomic mass is 9.98. The Morgan fingerprint density at radius 3 is 2.57 bits per heavy atom. The molecule has 1 amide bonds. The molecule has 1 aliphatic heterocycles. The van der Waals surface area contributed by atoms with E-state index in [1.165, 1.54) is 6.07 Å². The van der Waals surface area contributed by atoms with Crippen LogP contribution in [-0.2, 0) is 13.1 Å². The second-order valence-electron chi connectivity index (χ2n) is 8.07. The van der Waals surface area contributed by atoms with Gasteiger partial charge in [-0.05, 0) is 66.1 Å². The van der Waals surface area contributed by atoms with Gasteiger partial charge in [0, 0.05) is 36.5 Å². The fraction of sp³-hybridized carbons (Fsp3) is 0.269. The quantitative estimate of drug-likeness (QED) is 0.431. The van der Waals surface area contributed by atoms with Crippen LogP contribution in [0.4, 0.5) is 4.39 Å². The fourth-order valence-corrected chi connectivity index (χ4v) is 3.89. The molecule has 9 heteroatoms. The molecule has 8 nitrogen and oxygen atoms in total. The number of benzene rings is 2. The number of halogens is 1. The van der Waals surface area contributed by atoms with Crippen molar-refractivity contribution in [3.05, 3.63) is 76.9 Å². The number of rotatable bonds is 8. The molecule has 1 aliphatic rings. The van der Waals surface area contributed by atoms with Crippen LogP contribution < -0.4 is 25.4 Å². The summed E-state index contributed by atoms with van der Waals surface area (Å²) < 4.78 is 24.2. The maximum atomic E-state index is 13.6. The second-order valence-corrected chi connectivity index (χ2v) is 8.07. The zero-order valence-corrected chi connectivity index (χ0v) is 19.9. The van der Waals surface area contributed by atoms with Crippen LogP contribution in [-0.4, -0.2) is 44.2 Å². The van der Waals surface area contributed by atoms with E-state index in [0.717, 1.165) is 41.3 Å². The number of ether oxygens (including phenoxy) is 2. The van der Waals surface area contributed by atoms with Crippen molar-refractivity contribution in [2.45, 2.75) is 20.0 Å². The molecule has 0 saturated heterocycles. The zero-order valence-electron chi connectivity index (χ0n) is 19.9. The Bertz CT molecular complexity index is 1260. The third-order valence-electron chi connectivity index (χ3n) is 5.65. The number of carbonyl (C=O) groups excluding carboxylic acids is 1. The van der Waals surface area contributed by atoms with Crippen molar-refractivity contribution in [1.82, 2.24) is 20.9 Å². The van der Waals surface area contributed by atoms with Crippen LogP contribution in [0.1, 0.15) is 27.2 Å². The van der Waals surface area contributed by atoms with Gasteiger partial charge in [-0.25, -0.2) is 4.98 Å². The van der Waals surface area contributed by atoms with E-state index in [4.69, 9.17) is 9.47 Å². The average molecular weight is 478 g/mol. The molecule has 3 N–H and O–H groups in total. The smallest absolute Gasteiger partial charge is 0.251 e. The van der Waals surface area contributed by atoms with Crippen molar-refractivity contribution in [3.8, 4) is 22.6 Å². The second kappa shape index (κ2) is 10.9. The van der Waals surface area contributed by atoms with E-state index in [2.05, 4.69) is 25.9 Å². The van der Waals surface area contributed by atoms with Crippen molar-refractivity contribution < 1.29 is 18.7 Å². The molecule has 0 saturated carbocycles. The van der Waals surface area contributed by atoms with E-state index in [0.29, 0.717) is 35.8 Å². The number of hydrogen-bond acceptors (Lipinski definition) is 7. The van der Waals surface area contributed by atoms with Crippen molar-refractivity contribution >= 4 is 11.9 Å². The minimum absolute atomic E-state index is 0.230. The van der Waals surface area contributed by atoms with Crippen molar-refractivity contribution in [2.24, 2.45) is 4.99 Å². The van der Waals surface area contributed by atoms with Crippen molar-refractivity contribution in [2.75, 3.05) is 27.3 Å². The Kier molecular flexibility index (Phi) is 7.45. The van der Waals surface area contributed by atoms with E-state index in [1.54, 1.807) is 39.3 Å². The maximum absolute atomic E-state index is 13.6. The number of amides is 1. The van der Waals surface area contributed by atoms with Crippen molar-refractivity contribution in [1.29, 1.82) is 0 Å². The molecule has 0 aliphatic carbocycles. The molecule has 2 aromatic carbocycles. The number of guanidine groups is 1. The summed E-state index contributed by atoms with van der Waals surface area (Å²) in [6.07, 6.45) is 0. The number of carbonyl (C=O) groups is 1. The number of methoxy groups -OCH3 is 2. The summed E-state index contributed by atoms with van der Waals surface area (Å²) in [5.41, 5.74) is 4.35. The topological polar surface area (TPSA) is 96.9 Å². The molecule has 4 rings (SSSR count). The van der Waals surface area contributed by atoms with E-state index >= 15 is 0 Å². The molecule has 182 valence electrons. The van der Waals surface area contributed by atoms with Crippen molar-refractivity contribution in [3.63, 3.8) is 0 Å². The van der Waals surface area contributed by atoms with E-state index in [9.17, 15) is 9.18 Å². The van der Waals surface area contributed by atoms with Gasteiger partial charge in [-0.2, -0.15) is 4.39 Å². The molecule has 0 atom stereocenters. The summed E-state index contributed by atoms with van der Waals surface area (Å²) in [5.74, 6) is 1.18.